The number of ether oxygens (including phenoxy) is 1. The molecule has 0 unspecified atom stereocenters. The Morgan fingerprint density at radius 2 is 1.80 bits per heavy atom. The quantitative estimate of drug-likeness (QED) is 0.730. The van der Waals surface area contributed by atoms with Gasteiger partial charge in [-0.2, -0.15) is 0 Å². The van der Waals surface area contributed by atoms with Crippen molar-refractivity contribution in [1.29, 1.82) is 0 Å². The zero-order valence-corrected chi connectivity index (χ0v) is 16.5. The Kier molecular flexibility index (Phi) is 7.47. The largest absolute Gasteiger partial charge is 0.491 e. The van der Waals surface area contributed by atoms with E-state index in [1.807, 2.05) is 24.3 Å². The van der Waals surface area contributed by atoms with Crippen LogP contribution in [0.2, 0.25) is 0 Å². The fourth-order valence-corrected chi connectivity index (χ4v) is 3.06. The highest BCUT2D eigenvalue weighted by molar-refractivity contribution is 7.80. The van der Waals surface area contributed by atoms with Crippen LogP contribution in [0.3, 0.4) is 0 Å². The second-order valence-electron chi connectivity index (χ2n) is 6.65. The Bertz CT molecular complexity index is 682. The maximum absolute atomic E-state index is 6.06. The van der Waals surface area contributed by atoms with Gasteiger partial charge in [0, 0.05) is 24.5 Å². The van der Waals surface area contributed by atoms with Gasteiger partial charge in [0.15, 0.2) is 5.11 Å². The third-order valence-corrected chi connectivity index (χ3v) is 4.44. The summed E-state index contributed by atoms with van der Waals surface area (Å²) in [4.78, 5) is 4.31. The average Bonchev–Trinajstić information content (AvgIpc) is 2.58. The molecule has 4 nitrogen and oxygen atoms in total. The summed E-state index contributed by atoms with van der Waals surface area (Å²) in [7, 11) is 4.12. The first kappa shape index (κ1) is 19.5. The van der Waals surface area contributed by atoms with Gasteiger partial charge in [-0.3, -0.25) is 0 Å². The maximum Gasteiger partial charge on any atom is 0.169 e. The molecule has 5 heteroatoms. The van der Waals surface area contributed by atoms with Crippen LogP contribution in [0.5, 0.6) is 5.75 Å². The molecule has 0 amide bonds. The lowest BCUT2D eigenvalue weighted by molar-refractivity contribution is 0.247. The standard InChI is InChI=1S/C20H29N3OS/c1-16(2)23(20(25)21-12-13-22(3)4)14-15-24-19-11-7-9-17-8-5-6-10-18(17)19/h5-11,16H,12-15H2,1-4H3,(H,21,25). The number of hydrogen-bond acceptors (Lipinski definition) is 3. The first-order chi connectivity index (χ1) is 12.0. The molecule has 0 heterocycles. The van der Waals surface area contributed by atoms with Crippen LogP contribution < -0.4 is 10.1 Å². The average molecular weight is 360 g/mol. The number of nitrogens with zero attached hydrogens (tertiary/aromatic N) is 2. The molecule has 2 aromatic carbocycles. The van der Waals surface area contributed by atoms with Crippen LogP contribution in [0, 0.1) is 0 Å². The second-order valence-corrected chi connectivity index (χ2v) is 7.03. The van der Waals surface area contributed by atoms with Gasteiger partial charge in [-0.1, -0.05) is 36.4 Å². The summed E-state index contributed by atoms with van der Waals surface area (Å²) in [6.45, 7) is 7.46. The monoisotopic (exact) mass is 359 g/mol. The van der Waals surface area contributed by atoms with Crippen molar-refractivity contribution in [2.45, 2.75) is 19.9 Å². The highest BCUT2D eigenvalue weighted by atomic mass is 32.1. The summed E-state index contributed by atoms with van der Waals surface area (Å²) in [5, 5.41) is 6.47. The van der Waals surface area contributed by atoms with Crippen LogP contribution in [-0.4, -0.2) is 61.3 Å². The van der Waals surface area contributed by atoms with Crippen molar-refractivity contribution in [3.05, 3.63) is 42.5 Å². The van der Waals surface area contributed by atoms with Gasteiger partial charge in [0.2, 0.25) is 0 Å². The van der Waals surface area contributed by atoms with Gasteiger partial charge >= 0.3 is 0 Å². The molecule has 0 saturated carbocycles. The van der Waals surface area contributed by atoms with E-state index in [1.54, 1.807) is 0 Å². The Morgan fingerprint density at radius 1 is 1.08 bits per heavy atom. The molecule has 0 saturated heterocycles. The Hall–Kier alpha value is -1.85. The maximum atomic E-state index is 6.06. The smallest absolute Gasteiger partial charge is 0.169 e. The molecular weight excluding hydrogens is 330 g/mol. The highest BCUT2D eigenvalue weighted by Gasteiger charge is 2.13. The van der Waals surface area contributed by atoms with Gasteiger partial charge in [0.05, 0.1) is 6.54 Å². The molecule has 25 heavy (non-hydrogen) atoms. The van der Waals surface area contributed by atoms with Crippen molar-refractivity contribution >= 4 is 28.1 Å². The van der Waals surface area contributed by atoms with Gasteiger partial charge in [-0.05, 0) is 51.6 Å². The molecule has 0 aromatic heterocycles. The fraction of sp³-hybridized carbons (Fsp3) is 0.450. The molecule has 0 aliphatic rings. The molecule has 1 N–H and O–H groups in total. The Morgan fingerprint density at radius 3 is 2.52 bits per heavy atom. The molecule has 136 valence electrons. The number of hydrogen-bond donors (Lipinski definition) is 1. The van der Waals surface area contributed by atoms with Crippen LogP contribution in [0.4, 0.5) is 0 Å². The summed E-state index contributed by atoms with van der Waals surface area (Å²) in [6, 6.07) is 14.8. The van der Waals surface area contributed by atoms with Gasteiger partial charge in [0.25, 0.3) is 0 Å². The zero-order valence-electron chi connectivity index (χ0n) is 15.7. The van der Waals surface area contributed by atoms with E-state index in [0.29, 0.717) is 12.6 Å². The van der Waals surface area contributed by atoms with E-state index in [4.69, 9.17) is 17.0 Å². The summed E-state index contributed by atoms with van der Waals surface area (Å²) in [6.07, 6.45) is 0. The number of benzene rings is 2. The molecule has 0 fully saturated rings. The lowest BCUT2D eigenvalue weighted by Gasteiger charge is -2.30. The summed E-state index contributed by atoms with van der Waals surface area (Å²) >= 11 is 5.55. The molecule has 0 spiro atoms. The number of nitrogens with one attached hydrogen (secondary N) is 1. The van der Waals surface area contributed by atoms with Crippen LogP contribution in [0.1, 0.15) is 13.8 Å². The highest BCUT2D eigenvalue weighted by Crippen LogP contribution is 2.25. The predicted molar refractivity (Wildman–Crippen MR) is 110 cm³/mol. The van der Waals surface area contributed by atoms with E-state index >= 15 is 0 Å². The van der Waals surface area contributed by atoms with Crippen molar-refractivity contribution in [3.63, 3.8) is 0 Å². The second kappa shape index (κ2) is 9.59. The van der Waals surface area contributed by atoms with Gasteiger partial charge in [-0.25, -0.2) is 0 Å². The summed E-state index contributed by atoms with van der Waals surface area (Å²) < 4.78 is 6.06. The minimum atomic E-state index is 0.329. The van der Waals surface area contributed by atoms with Gasteiger partial charge < -0.3 is 19.9 Å². The van der Waals surface area contributed by atoms with Crippen molar-refractivity contribution in [2.75, 3.05) is 40.3 Å². The lowest BCUT2D eigenvalue weighted by atomic mass is 10.1. The van der Waals surface area contributed by atoms with Crippen LogP contribution in [0.25, 0.3) is 10.8 Å². The van der Waals surface area contributed by atoms with Crippen LogP contribution in [-0.2, 0) is 0 Å². The molecule has 2 aromatic rings. The zero-order chi connectivity index (χ0) is 18.2. The van der Waals surface area contributed by atoms with E-state index < -0.39 is 0 Å². The van der Waals surface area contributed by atoms with Crippen LogP contribution in [0.15, 0.2) is 42.5 Å². The molecule has 0 atom stereocenters. The van der Waals surface area contributed by atoms with E-state index in [1.165, 1.54) is 5.39 Å². The normalized spacial score (nSPS) is 11.1. The predicted octanol–water partition coefficient (Wildman–Crippen LogP) is 3.37. The van der Waals surface area contributed by atoms with Crippen LogP contribution >= 0.6 is 12.2 Å². The molecular formula is C20H29N3OS. The number of fused-ring (bicyclic) bond motifs is 1. The summed E-state index contributed by atoms with van der Waals surface area (Å²) in [5.41, 5.74) is 0. The van der Waals surface area contributed by atoms with Crippen molar-refractivity contribution < 1.29 is 4.74 Å². The topological polar surface area (TPSA) is 27.7 Å². The first-order valence-electron chi connectivity index (χ1n) is 8.79. The third-order valence-electron chi connectivity index (χ3n) is 4.06. The molecule has 0 aliphatic carbocycles. The Labute approximate surface area is 156 Å². The number of likely N-dealkylation sites (N-methyl/N-ethyl adjacent to an activating group) is 1. The van der Waals surface area contributed by atoms with E-state index in [9.17, 15) is 0 Å². The molecule has 0 aliphatic heterocycles. The first-order valence-corrected chi connectivity index (χ1v) is 9.19. The molecule has 2 rings (SSSR count). The van der Waals surface area contributed by atoms with E-state index in [-0.39, 0.29) is 0 Å². The lowest BCUT2D eigenvalue weighted by Crippen LogP contribution is -2.47. The van der Waals surface area contributed by atoms with Crippen molar-refractivity contribution in [2.24, 2.45) is 0 Å². The molecule has 0 bridgehead atoms. The number of thiocarbonyl (C=S) groups is 1. The SMILES string of the molecule is CC(C)N(CCOc1cccc2ccccc12)C(=S)NCCN(C)C. The number of rotatable bonds is 8. The van der Waals surface area contributed by atoms with E-state index in [0.717, 1.165) is 35.9 Å². The minimum Gasteiger partial charge on any atom is -0.491 e. The third kappa shape index (κ3) is 5.87. The van der Waals surface area contributed by atoms with E-state index in [2.05, 4.69) is 61.3 Å². The fourth-order valence-electron chi connectivity index (χ4n) is 2.66. The Balaban J connectivity index is 1.91. The van der Waals surface area contributed by atoms with Crippen molar-refractivity contribution in [1.82, 2.24) is 15.1 Å². The molecule has 0 radical (unpaired) electrons. The van der Waals surface area contributed by atoms with Crippen molar-refractivity contribution in [3.8, 4) is 5.75 Å². The van der Waals surface area contributed by atoms with Gasteiger partial charge in [0.1, 0.15) is 12.4 Å². The summed E-state index contributed by atoms with van der Waals surface area (Å²) in [5.74, 6) is 0.924. The minimum absolute atomic E-state index is 0.329. The van der Waals surface area contributed by atoms with Gasteiger partial charge in [-0.15, -0.1) is 0 Å².